The van der Waals surface area contributed by atoms with E-state index in [4.69, 9.17) is 10.5 Å². The number of nitrogens with one attached hydrogen (secondary N) is 1. The standard InChI is InChI=1S/C9H7N3/c1-7-2-3-12-9(4-7)8(5-10)6-11/h2-4,12H,1H3. The first-order valence-corrected chi connectivity index (χ1v) is 3.44. The summed E-state index contributed by atoms with van der Waals surface area (Å²) in [6, 6.07) is 3.64. The first-order chi connectivity index (χ1) is 5.77. The molecule has 58 valence electrons. The lowest BCUT2D eigenvalue weighted by Crippen LogP contribution is -2.08. The van der Waals surface area contributed by atoms with E-state index in [9.17, 15) is 0 Å². The normalized spacial score (nSPS) is 13.9. The van der Waals surface area contributed by atoms with Gasteiger partial charge >= 0.3 is 0 Å². The van der Waals surface area contributed by atoms with Gasteiger partial charge < -0.3 is 5.32 Å². The molecule has 0 saturated heterocycles. The summed E-state index contributed by atoms with van der Waals surface area (Å²) in [5.74, 6) is 0. The van der Waals surface area contributed by atoms with E-state index in [1.54, 1.807) is 12.3 Å². The van der Waals surface area contributed by atoms with E-state index in [2.05, 4.69) is 5.32 Å². The molecule has 1 aliphatic rings. The Balaban J connectivity index is 3.09. The summed E-state index contributed by atoms with van der Waals surface area (Å²) in [6.07, 6.45) is 5.34. The van der Waals surface area contributed by atoms with E-state index in [0.29, 0.717) is 5.70 Å². The zero-order valence-electron chi connectivity index (χ0n) is 6.63. The molecule has 0 saturated carbocycles. The van der Waals surface area contributed by atoms with Gasteiger partial charge in [0.2, 0.25) is 0 Å². The van der Waals surface area contributed by atoms with Crippen molar-refractivity contribution in [3.8, 4) is 12.1 Å². The molecule has 0 fully saturated rings. The predicted octanol–water partition coefficient (Wildman–Crippen LogP) is 1.35. The Hall–Kier alpha value is -2.00. The quantitative estimate of drug-likeness (QED) is 0.540. The molecule has 0 radical (unpaired) electrons. The van der Waals surface area contributed by atoms with E-state index in [0.717, 1.165) is 5.57 Å². The van der Waals surface area contributed by atoms with Crippen LogP contribution in [-0.4, -0.2) is 0 Å². The first kappa shape index (κ1) is 8.10. The molecular formula is C9H7N3. The summed E-state index contributed by atoms with van der Waals surface area (Å²) >= 11 is 0. The van der Waals surface area contributed by atoms with Crippen LogP contribution in [0.4, 0.5) is 0 Å². The maximum Gasteiger partial charge on any atom is 0.153 e. The van der Waals surface area contributed by atoms with Crippen molar-refractivity contribution < 1.29 is 0 Å². The molecule has 1 N–H and O–H groups in total. The molecule has 1 heterocycles. The second-order valence-electron chi connectivity index (χ2n) is 2.38. The van der Waals surface area contributed by atoms with E-state index < -0.39 is 0 Å². The number of nitrogens with zero attached hydrogens (tertiary/aromatic N) is 2. The third-order valence-electron chi connectivity index (χ3n) is 1.45. The molecule has 0 bridgehead atoms. The van der Waals surface area contributed by atoms with Crippen LogP contribution in [0.25, 0.3) is 0 Å². The van der Waals surface area contributed by atoms with E-state index in [1.165, 1.54) is 0 Å². The topological polar surface area (TPSA) is 59.6 Å². The van der Waals surface area contributed by atoms with Gasteiger partial charge in [-0.2, -0.15) is 10.5 Å². The highest BCUT2D eigenvalue weighted by molar-refractivity contribution is 5.47. The number of hydrogen-bond acceptors (Lipinski definition) is 3. The molecule has 3 nitrogen and oxygen atoms in total. The SMILES string of the molecule is CC1=CC(=C(C#N)C#N)NC=C1. The lowest BCUT2D eigenvalue weighted by atomic mass is 10.1. The van der Waals surface area contributed by atoms with Crippen molar-refractivity contribution in [2.24, 2.45) is 0 Å². The Morgan fingerprint density at radius 2 is 2.08 bits per heavy atom. The summed E-state index contributed by atoms with van der Waals surface area (Å²) < 4.78 is 0. The van der Waals surface area contributed by atoms with E-state index in [-0.39, 0.29) is 5.57 Å². The Bertz CT molecular complexity index is 342. The zero-order chi connectivity index (χ0) is 8.97. The first-order valence-electron chi connectivity index (χ1n) is 3.44. The van der Waals surface area contributed by atoms with Gasteiger partial charge in [-0.25, -0.2) is 0 Å². The second-order valence-corrected chi connectivity index (χ2v) is 2.38. The fourth-order valence-corrected chi connectivity index (χ4v) is 0.870. The van der Waals surface area contributed by atoms with Crippen LogP contribution in [0.2, 0.25) is 0 Å². The number of rotatable bonds is 0. The second kappa shape index (κ2) is 3.41. The molecule has 0 aromatic rings. The van der Waals surface area contributed by atoms with Crippen LogP contribution in [0, 0.1) is 22.7 Å². The maximum atomic E-state index is 8.54. The van der Waals surface area contributed by atoms with Crippen LogP contribution >= 0.6 is 0 Å². The Morgan fingerprint density at radius 3 is 2.58 bits per heavy atom. The minimum absolute atomic E-state index is 0.110. The lowest BCUT2D eigenvalue weighted by Gasteiger charge is -2.07. The fourth-order valence-electron chi connectivity index (χ4n) is 0.870. The van der Waals surface area contributed by atoms with Gasteiger partial charge in [0.15, 0.2) is 5.57 Å². The predicted molar refractivity (Wildman–Crippen MR) is 44.3 cm³/mol. The molecule has 0 amide bonds. The molecule has 1 aliphatic heterocycles. The van der Waals surface area contributed by atoms with Gasteiger partial charge in [-0.1, -0.05) is 0 Å². The third-order valence-corrected chi connectivity index (χ3v) is 1.45. The molecular weight excluding hydrogens is 150 g/mol. The number of dihydropyridines is 1. The lowest BCUT2D eigenvalue weighted by molar-refractivity contribution is 1.07. The largest absolute Gasteiger partial charge is 0.360 e. The Morgan fingerprint density at radius 1 is 1.42 bits per heavy atom. The maximum absolute atomic E-state index is 8.54. The molecule has 0 unspecified atom stereocenters. The number of hydrogen-bond donors (Lipinski definition) is 1. The van der Waals surface area contributed by atoms with E-state index in [1.807, 2.05) is 25.1 Å². The van der Waals surface area contributed by atoms with Gasteiger partial charge in [-0.15, -0.1) is 0 Å². The molecule has 0 spiro atoms. The van der Waals surface area contributed by atoms with Crippen molar-refractivity contribution in [3.05, 3.63) is 35.2 Å². The van der Waals surface area contributed by atoms with Crippen LogP contribution < -0.4 is 5.32 Å². The molecule has 1 rings (SSSR count). The molecule has 12 heavy (non-hydrogen) atoms. The molecule has 0 aliphatic carbocycles. The van der Waals surface area contributed by atoms with Crippen molar-refractivity contribution in [1.29, 1.82) is 10.5 Å². The van der Waals surface area contributed by atoms with Crippen LogP contribution in [0.3, 0.4) is 0 Å². The van der Waals surface area contributed by atoms with Gasteiger partial charge in [0.25, 0.3) is 0 Å². The van der Waals surface area contributed by atoms with Gasteiger partial charge in [-0.05, 0) is 24.6 Å². The number of allylic oxidation sites excluding steroid dienone is 4. The van der Waals surface area contributed by atoms with Crippen molar-refractivity contribution in [2.75, 3.05) is 0 Å². The smallest absolute Gasteiger partial charge is 0.153 e. The highest BCUT2D eigenvalue weighted by atomic mass is 14.9. The summed E-state index contributed by atoms with van der Waals surface area (Å²) in [6.45, 7) is 1.91. The van der Waals surface area contributed by atoms with E-state index >= 15 is 0 Å². The summed E-state index contributed by atoms with van der Waals surface area (Å²) in [5.41, 5.74) is 1.70. The zero-order valence-corrected chi connectivity index (χ0v) is 6.63. The van der Waals surface area contributed by atoms with Gasteiger partial charge in [0, 0.05) is 6.20 Å². The minimum Gasteiger partial charge on any atom is -0.360 e. The van der Waals surface area contributed by atoms with Crippen LogP contribution in [-0.2, 0) is 0 Å². The Labute approximate surface area is 70.9 Å². The Kier molecular flexibility index (Phi) is 2.30. The molecule has 3 heteroatoms. The summed E-state index contributed by atoms with van der Waals surface area (Å²) in [5, 5.41) is 19.9. The fraction of sp³-hybridized carbons (Fsp3) is 0.111. The van der Waals surface area contributed by atoms with Crippen LogP contribution in [0.5, 0.6) is 0 Å². The summed E-state index contributed by atoms with van der Waals surface area (Å²) in [4.78, 5) is 0. The van der Waals surface area contributed by atoms with Crippen LogP contribution in [0.1, 0.15) is 6.92 Å². The van der Waals surface area contributed by atoms with Crippen molar-refractivity contribution in [3.63, 3.8) is 0 Å². The van der Waals surface area contributed by atoms with Crippen molar-refractivity contribution >= 4 is 0 Å². The summed E-state index contributed by atoms with van der Waals surface area (Å²) in [7, 11) is 0. The highest BCUT2D eigenvalue weighted by Gasteiger charge is 2.03. The van der Waals surface area contributed by atoms with Crippen molar-refractivity contribution in [2.45, 2.75) is 6.92 Å². The average molecular weight is 157 g/mol. The van der Waals surface area contributed by atoms with Crippen molar-refractivity contribution in [1.82, 2.24) is 5.32 Å². The van der Waals surface area contributed by atoms with Gasteiger partial charge in [-0.3, -0.25) is 0 Å². The molecule has 0 aromatic carbocycles. The van der Waals surface area contributed by atoms with Crippen LogP contribution in [0.15, 0.2) is 35.2 Å². The molecule has 0 aromatic heterocycles. The average Bonchev–Trinajstić information content (AvgIpc) is 2.07. The highest BCUT2D eigenvalue weighted by Crippen LogP contribution is 2.09. The minimum atomic E-state index is 0.110. The van der Waals surface area contributed by atoms with Gasteiger partial charge in [0.1, 0.15) is 12.1 Å². The number of nitriles is 2. The third kappa shape index (κ3) is 1.53. The monoisotopic (exact) mass is 157 g/mol. The molecule has 0 atom stereocenters. The van der Waals surface area contributed by atoms with Gasteiger partial charge in [0.05, 0.1) is 5.70 Å².